The van der Waals surface area contributed by atoms with Crippen LogP contribution in [0, 0.1) is 5.92 Å². The van der Waals surface area contributed by atoms with E-state index in [-0.39, 0.29) is 0 Å². The van der Waals surface area contributed by atoms with Crippen LogP contribution in [0.4, 0.5) is 0 Å². The maximum atomic E-state index is 6.18. The first-order valence-electron chi connectivity index (χ1n) is 8.68. The highest BCUT2D eigenvalue weighted by Crippen LogP contribution is 2.30. The molecule has 0 aromatic carbocycles. The highest BCUT2D eigenvalue weighted by atomic mass is 16.5. The van der Waals surface area contributed by atoms with E-state index in [1.165, 1.54) is 57.8 Å². The van der Waals surface area contributed by atoms with Crippen molar-refractivity contribution < 1.29 is 4.74 Å². The van der Waals surface area contributed by atoms with Crippen LogP contribution in [0.5, 0.6) is 0 Å². The Morgan fingerprint density at radius 3 is 2.37 bits per heavy atom. The Morgan fingerprint density at radius 1 is 1.05 bits per heavy atom. The molecule has 0 saturated heterocycles. The molecule has 114 valence electrons. The van der Waals surface area contributed by atoms with Gasteiger partial charge in [0, 0.05) is 12.6 Å². The lowest BCUT2D eigenvalue weighted by Gasteiger charge is -2.36. The van der Waals surface area contributed by atoms with Crippen molar-refractivity contribution in [1.29, 1.82) is 0 Å². The highest BCUT2D eigenvalue weighted by Gasteiger charge is 2.30. The zero-order valence-corrected chi connectivity index (χ0v) is 13.4. The minimum absolute atomic E-state index is 0.448. The first kappa shape index (κ1) is 17.0. The number of hydrogen-bond donors (Lipinski definition) is 1. The first-order chi connectivity index (χ1) is 9.33. The first-order valence-corrected chi connectivity index (χ1v) is 8.68. The molecule has 19 heavy (non-hydrogen) atoms. The van der Waals surface area contributed by atoms with E-state index < -0.39 is 0 Å². The van der Waals surface area contributed by atoms with Crippen LogP contribution in [-0.4, -0.2) is 25.3 Å². The van der Waals surface area contributed by atoms with E-state index in [0.29, 0.717) is 12.1 Å². The summed E-state index contributed by atoms with van der Waals surface area (Å²) in [5, 5.41) is 3.76. The summed E-state index contributed by atoms with van der Waals surface area (Å²) in [4.78, 5) is 0. The fourth-order valence-corrected chi connectivity index (χ4v) is 3.37. The van der Waals surface area contributed by atoms with Gasteiger partial charge in [0.05, 0.1) is 6.10 Å². The van der Waals surface area contributed by atoms with Crippen LogP contribution in [0.25, 0.3) is 0 Å². The van der Waals surface area contributed by atoms with Crippen LogP contribution in [0.15, 0.2) is 0 Å². The summed E-state index contributed by atoms with van der Waals surface area (Å²) in [6.07, 6.45) is 12.5. The molecular weight excluding hydrogens is 234 g/mol. The lowest BCUT2D eigenvalue weighted by molar-refractivity contribution is -0.0197. The molecule has 2 nitrogen and oxygen atoms in total. The summed E-state index contributed by atoms with van der Waals surface area (Å²) < 4.78 is 6.18. The fourth-order valence-electron chi connectivity index (χ4n) is 3.37. The third kappa shape index (κ3) is 6.27. The van der Waals surface area contributed by atoms with Gasteiger partial charge in [0.1, 0.15) is 0 Å². The van der Waals surface area contributed by atoms with E-state index in [1.807, 2.05) is 0 Å². The molecule has 0 amide bonds. The van der Waals surface area contributed by atoms with Gasteiger partial charge in [0.15, 0.2) is 0 Å². The van der Waals surface area contributed by atoms with Crippen LogP contribution in [0.1, 0.15) is 78.6 Å². The van der Waals surface area contributed by atoms with Crippen LogP contribution < -0.4 is 5.32 Å². The van der Waals surface area contributed by atoms with E-state index in [4.69, 9.17) is 4.74 Å². The maximum Gasteiger partial charge on any atom is 0.0755 e. The summed E-state index contributed by atoms with van der Waals surface area (Å²) in [7, 11) is 0. The van der Waals surface area contributed by atoms with Gasteiger partial charge in [-0.25, -0.2) is 0 Å². The topological polar surface area (TPSA) is 21.3 Å². The summed E-state index contributed by atoms with van der Waals surface area (Å²) in [5.41, 5.74) is 0. The van der Waals surface area contributed by atoms with Crippen molar-refractivity contribution in [2.24, 2.45) is 5.92 Å². The molecule has 1 aliphatic carbocycles. The molecule has 0 aromatic heterocycles. The number of rotatable bonds is 10. The van der Waals surface area contributed by atoms with Crippen LogP contribution >= 0.6 is 0 Å². The van der Waals surface area contributed by atoms with Gasteiger partial charge in [-0.15, -0.1) is 0 Å². The SMILES string of the molecule is CCCCC(NCCC)C(OCC)C1CCCCC1. The van der Waals surface area contributed by atoms with Gasteiger partial charge in [-0.3, -0.25) is 0 Å². The van der Waals surface area contributed by atoms with Crippen molar-refractivity contribution in [2.45, 2.75) is 90.7 Å². The molecule has 1 rings (SSSR count). The largest absolute Gasteiger partial charge is 0.377 e. The van der Waals surface area contributed by atoms with Crippen LogP contribution in [-0.2, 0) is 4.74 Å². The number of hydrogen-bond acceptors (Lipinski definition) is 2. The van der Waals surface area contributed by atoms with Gasteiger partial charge in [-0.2, -0.15) is 0 Å². The zero-order chi connectivity index (χ0) is 13.9. The molecule has 0 bridgehead atoms. The minimum Gasteiger partial charge on any atom is -0.377 e. The maximum absolute atomic E-state index is 6.18. The monoisotopic (exact) mass is 269 g/mol. The second-order valence-corrected chi connectivity index (χ2v) is 6.02. The molecule has 1 aliphatic rings. The second kappa shape index (κ2) is 10.7. The molecule has 0 aromatic rings. The van der Waals surface area contributed by atoms with Gasteiger partial charge < -0.3 is 10.1 Å². The number of nitrogens with one attached hydrogen (secondary N) is 1. The van der Waals surface area contributed by atoms with Crippen molar-refractivity contribution in [1.82, 2.24) is 5.32 Å². The van der Waals surface area contributed by atoms with Crippen molar-refractivity contribution in [3.63, 3.8) is 0 Å². The van der Waals surface area contributed by atoms with Crippen molar-refractivity contribution in [3.05, 3.63) is 0 Å². The molecule has 2 atom stereocenters. The Hall–Kier alpha value is -0.0800. The summed E-state index contributed by atoms with van der Waals surface area (Å²) in [5.74, 6) is 0.792. The van der Waals surface area contributed by atoms with Crippen LogP contribution in [0.2, 0.25) is 0 Å². The predicted octanol–water partition coefficient (Wildman–Crippen LogP) is 4.53. The molecule has 0 spiro atoms. The Kier molecular flexibility index (Phi) is 9.54. The molecular formula is C17H35NO. The second-order valence-electron chi connectivity index (χ2n) is 6.02. The molecule has 0 radical (unpaired) electrons. The molecule has 0 heterocycles. The van der Waals surface area contributed by atoms with E-state index in [9.17, 15) is 0 Å². The molecule has 1 N–H and O–H groups in total. The lowest BCUT2D eigenvalue weighted by Crippen LogP contribution is -2.46. The highest BCUT2D eigenvalue weighted by molar-refractivity contribution is 4.85. The van der Waals surface area contributed by atoms with Crippen LogP contribution in [0.3, 0.4) is 0 Å². The summed E-state index contributed by atoms with van der Waals surface area (Å²) >= 11 is 0. The third-order valence-corrected chi connectivity index (χ3v) is 4.40. The smallest absolute Gasteiger partial charge is 0.0755 e. The van der Waals surface area contributed by atoms with E-state index in [2.05, 4.69) is 26.1 Å². The number of unbranched alkanes of at least 4 members (excludes halogenated alkanes) is 1. The van der Waals surface area contributed by atoms with E-state index in [1.54, 1.807) is 0 Å². The van der Waals surface area contributed by atoms with Gasteiger partial charge in [-0.1, -0.05) is 46.0 Å². The molecule has 2 unspecified atom stereocenters. The Bertz CT molecular complexity index is 193. The normalized spacial score (nSPS) is 20.4. The zero-order valence-electron chi connectivity index (χ0n) is 13.4. The average Bonchev–Trinajstić information content (AvgIpc) is 2.46. The third-order valence-electron chi connectivity index (χ3n) is 4.40. The standard InChI is InChI=1S/C17H35NO/c1-4-7-13-16(18-14-5-2)17(19-6-3)15-11-9-8-10-12-15/h15-18H,4-14H2,1-3H3. The van der Waals surface area contributed by atoms with Crippen molar-refractivity contribution >= 4 is 0 Å². The Morgan fingerprint density at radius 2 is 1.79 bits per heavy atom. The molecule has 2 heteroatoms. The van der Waals surface area contributed by atoms with Crippen molar-refractivity contribution in [2.75, 3.05) is 13.2 Å². The van der Waals surface area contributed by atoms with Gasteiger partial charge in [0.2, 0.25) is 0 Å². The predicted molar refractivity (Wildman–Crippen MR) is 83.6 cm³/mol. The lowest BCUT2D eigenvalue weighted by atomic mass is 9.81. The van der Waals surface area contributed by atoms with Gasteiger partial charge in [-0.05, 0) is 45.1 Å². The Labute approximate surface area is 120 Å². The van der Waals surface area contributed by atoms with Crippen molar-refractivity contribution in [3.8, 4) is 0 Å². The van der Waals surface area contributed by atoms with Gasteiger partial charge in [0.25, 0.3) is 0 Å². The Balaban J connectivity index is 2.59. The molecule has 1 saturated carbocycles. The molecule has 0 aliphatic heterocycles. The van der Waals surface area contributed by atoms with Gasteiger partial charge >= 0.3 is 0 Å². The number of ether oxygens (including phenoxy) is 1. The van der Waals surface area contributed by atoms with E-state index in [0.717, 1.165) is 19.1 Å². The molecule has 1 fully saturated rings. The fraction of sp³-hybridized carbons (Fsp3) is 1.00. The minimum atomic E-state index is 0.448. The summed E-state index contributed by atoms with van der Waals surface area (Å²) in [6, 6.07) is 0.572. The average molecular weight is 269 g/mol. The van der Waals surface area contributed by atoms with E-state index >= 15 is 0 Å². The quantitative estimate of drug-likeness (QED) is 0.629. The summed E-state index contributed by atoms with van der Waals surface area (Å²) in [6.45, 7) is 8.67.